The molecule has 0 N–H and O–H groups in total. The van der Waals surface area contributed by atoms with E-state index in [1.54, 1.807) is 0 Å². The van der Waals surface area contributed by atoms with E-state index in [0.717, 1.165) is 0 Å². The summed E-state index contributed by atoms with van der Waals surface area (Å²) in [4.78, 5) is 0. The van der Waals surface area contributed by atoms with Crippen molar-refractivity contribution in [3.05, 3.63) is 37.0 Å². The third-order valence-corrected chi connectivity index (χ3v) is 2.27. The molecule has 0 amide bonds. The molecule has 10 heavy (non-hydrogen) atoms. The highest BCUT2D eigenvalue weighted by molar-refractivity contribution is 7.56. The molecule has 0 aliphatic rings. The fourth-order valence-electron chi connectivity index (χ4n) is 0.759. The van der Waals surface area contributed by atoms with E-state index in [4.69, 9.17) is 0 Å². The van der Waals surface area contributed by atoms with E-state index >= 15 is 0 Å². The summed E-state index contributed by atoms with van der Waals surface area (Å²) in [5.41, 5.74) is 1.31. The standard InChI is InChI=1S/C9H15P/c1-5-7-9(6-2)8-10(3)4/h5-7H,1-2,8H2,3-4H3/p+1/b9-7+. The molecule has 0 radical (unpaired) electrons. The second-order valence-electron chi connectivity index (χ2n) is 2.57. The average molecular weight is 155 g/mol. The quantitative estimate of drug-likeness (QED) is 0.432. The first-order chi connectivity index (χ1) is 4.70. The molecule has 0 atom stereocenters. The smallest absolute Gasteiger partial charge is 0.0814 e. The third-order valence-electron chi connectivity index (χ3n) is 1.15. The lowest BCUT2D eigenvalue weighted by atomic mass is 10.3. The second kappa shape index (κ2) is 5.44. The monoisotopic (exact) mass is 155 g/mol. The number of allylic oxidation sites excluding steroid dienone is 4. The maximum Gasteiger partial charge on any atom is 0.0814 e. The molecule has 0 spiro atoms. The zero-order valence-corrected chi connectivity index (χ0v) is 7.85. The summed E-state index contributed by atoms with van der Waals surface area (Å²) >= 11 is 0. The maximum absolute atomic E-state index is 3.73. The molecular weight excluding hydrogens is 139 g/mol. The van der Waals surface area contributed by atoms with Gasteiger partial charge in [0.2, 0.25) is 0 Å². The SMILES string of the molecule is C=C/C=C(\C=C)C[PH+](C)C. The Kier molecular flexibility index (Phi) is 5.25. The fourth-order valence-corrected chi connectivity index (χ4v) is 1.84. The summed E-state index contributed by atoms with van der Waals surface area (Å²) in [7, 11) is -0.155. The number of rotatable bonds is 4. The van der Waals surface area contributed by atoms with Gasteiger partial charge in [-0.2, -0.15) is 0 Å². The van der Waals surface area contributed by atoms with Gasteiger partial charge in [0.05, 0.1) is 6.16 Å². The molecule has 0 aliphatic heterocycles. The van der Waals surface area contributed by atoms with Crippen molar-refractivity contribution in [3.63, 3.8) is 0 Å². The maximum atomic E-state index is 3.73. The lowest BCUT2D eigenvalue weighted by Gasteiger charge is -1.97. The van der Waals surface area contributed by atoms with Crippen molar-refractivity contribution in [2.24, 2.45) is 0 Å². The van der Waals surface area contributed by atoms with Crippen LogP contribution in [0, 0.1) is 0 Å². The Morgan fingerprint density at radius 3 is 2.30 bits per heavy atom. The first-order valence-corrected chi connectivity index (χ1v) is 6.14. The topological polar surface area (TPSA) is 0 Å². The lowest BCUT2D eigenvalue weighted by Crippen LogP contribution is -1.83. The van der Waals surface area contributed by atoms with E-state index in [1.807, 2.05) is 18.2 Å². The molecule has 0 nitrogen and oxygen atoms in total. The molecule has 0 aromatic rings. The van der Waals surface area contributed by atoms with Gasteiger partial charge in [-0.25, -0.2) is 0 Å². The van der Waals surface area contributed by atoms with Crippen LogP contribution >= 0.6 is 7.92 Å². The van der Waals surface area contributed by atoms with Crippen LogP contribution in [0.5, 0.6) is 0 Å². The Balaban J connectivity index is 3.95. The third kappa shape index (κ3) is 4.52. The van der Waals surface area contributed by atoms with Crippen molar-refractivity contribution < 1.29 is 0 Å². The highest BCUT2D eigenvalue weighted by Crippen LogP contribution is 2.27. The van der Waals surface area contributed by atoms with Crippen LogP contribution in [0.1, 0.15) is 0 Å². The van der Waals surface area contributed by atoms with Crippen LogP contribution in [-0.2, 0) is 0 Å². The molecule has 0 bridgehead atoms. The van der Waals surface area contributed by atoms with Gasteiger partial charge in [-0.15, -0.1) is 0 Å². The number of hydrogen-bond donors (Lipinski definition) is 0. The molecule has 0 rings (SSSR count). The zero-order valence-electron chi connectivity index (χ0n) is 6.85. The largest absolute Gasteiger partial charge is 0.0991 e. The van der Waals surface area contributed by atoms with Crippen LogP contribution in [-0.4, -0.2) is 19.5 Å². The average Bonchev–Trinajstić information content (AvgIpc) is 1.86. The minimum atomic E-state index is -0.155. The molecular formula is C9H16P+. The van der Waals surface area contributed by atoms with Crippen LogP contribution < -0.4 is 0 Å². The lowest BCUT2D eigenvalue weighted by molar-refractivity contribution is 1.53. The van der Waals surface area contributed by atoms with Gasteiger partial charge >= 0.3 is 0 Å². The molecule has 0 saturated carbocycles. The van der Waals surface area contributed by atoms with Gasteiger partial charge in [0, 0.05) is 13.3 Å². The highest BCUT2D eigenvalue weighted by Gasteiger charge is 2.00. The molecule has 0 unspecified atom stereocenters. The van der Waals surface area contributed by atoms with Crippen LogP contribution in [0.4, 0.5) is 0 Å². The molecule has 0 aromatic carbocycles. The Labute approximate surface area is 65.1 Å². The summed E-state index contributed by atoms with van der Waals surface area (Å²) in [6, 6.07) is 0. The van der Waals surface area contributed by atoms with Crippen molar-refractivity contribution in [2.75, 3.05) is 19.5 Å². The molecule has 0 aromatic heterocycles. The van der Waals surface area contributed by atoms with Crippen molar-refractivity contribution in [1.82, 2.24) is 0 Å². The van der Waals surface area contributed by atoms with Gasteiger partial charge < -0.3 is 0 Å². The van der Waals surface area contributed by atoms with Gasteiger partial charge in [-0.05, 0) is 13.5 Å². The second-order valence-corrected chi connectivity index (χ2v) is 5.33. The number of hydrogen-bond acceptors (Lipinski definition) is 0. The van der Waals surface area contributed by atoms with Crippen LogP contribution in [0.3, 0.4) is 0 Å². The predicted octanol–water partition coefficient (Wildman–Crippen LogP) is 2.76. The summed E-state index contributed by atoms with van der Waals surface area (Å²) in [5, 5.41) is 0. The fraction of sp³-hybridized carbons (Fsp3) is 0.333. The molecule has 0 aliphatic carbocycles. The first-order valence-electron chi connectivity index (χ1n) is 3.43. The van der Waals surface area contributed by atoms with Crippen molar-refractivity contribution in [1.29, 1.82) is 0 Å². The Morgan fingerprint density at radius 2 is 2.00 bits per heavy atom. The Morgan fingerprint density at radius 1 is 1.40 bits per heavy atom. The van der Waals surface area contributed by atoms with Crippen molar-refractivity contribution in [3.8, 4) is 0 Å². The summed E-state index contributed by atoms with van der Waals surface area (Å²) < 4.78 is 0. The van der Waals surface area contributed by atoms with Crippen molar-refractivity contribution in [2.45, 2.75) is 0 Å². The van der Waals surface area contributed by atoms with Crippen LogP contribution in [0.25, 0.3) is 0 Å². The molecule has 56 valence electrons. The minimum absolute atomic E-state index is 0.155. The van der Waals surface area contributed by atoms with E-state index in [2.05, 4.69) is 26.5 Å². The predicted molar refractivity (Wildman–Crippen MR) is 53.5 cm³/mol. The van der Waals surface area contributed by atoms with Crippen LogP contribution in [0.15, 0.2) is 37.0 Å². The highest BCUT2D eigenvalue weighted by atomic mass is 31.1. The van der Waals surface area contributed by atoms with Crippen LogP contribution in [0.2, 0.25) is 0 Å². The van der Waals surface area contributed by atoms with Gasteiger partial charge in [0.25, 0.3) is 0 Å². The van der Waals surface area contributed by atoms with Gasteiger partial charge in [-0.1, -0.05) is 31.4 Å². The Hall–Kier alpha value is -0.350. The van der Waals surface area contributed by atoms with Gasteiger partial charge in [0.1, 0.15) is 0 Å². The summed E-state index contributed by atoms with van der Waals surface area (Å²) in [6.07, 6.45) is 6.96. The van der Waals surface area contributed by atoms with E-state index in [9.17, 15) is 0 Å². The van der Waals surface area contributed by atoms with Gasteiger partial charge in [-0.3, -0.25) is 0 Å². The molecule has 0 saturated heterocycles. The minimum Gasteiger partial charge on any atom is -0.0991 e. The zero-order chi connectivity index (χ0) is 7.98. The van der Waals surface area contributed by atoms with Crippen molar-refractivity contribution >= 4 is 7.92 Å². The summed E-state index contributed by atoms with van der Waals surface area (Å²) in [5.74, 6) is 0. The van der Waals surface area contributed by atoms with E-state index < -0.39 is 0 Å². The first kappa shape index (κ1) is 9.65. The van der Waals surface area contributed by atoms with Gasteiger partial charge in [0.15, 0.2) is 0 Å². The molecule has 0 fully saturated rings. The normalized spacial score (nSPS) is 11.7. The summed E-state index contributed by atoms with van der Waals surface area (Å²) in [6.45, 7) is 12.0. The van der Waals surface area contributed by atoms with E-state index in [1.165, 1.54) is 11.7 Å². The Bertz CT molecular complexity index is 143. The molecule has 0 heterocycles. The molecule has 1 heteroatoms. The van der Waals surface area contributed by atoms with E-state index in [-0.39, 0.29) is 7.92 Å². The van der Waals surface area contributed by atoms with E-state index in [0.29, 0.717) is 0 Å².